The minimum Gasteiger partial charge on any atom is -0.285 e. The topological polar surface area (TPSA) is 34.1 Å². The molecule has 0 aromatic heterocycles. The zero-order valence-electron chi connectivity index (χ0n) is 14.7. The van der Waals surface area contributed by atoms with Crippen LogP contribution in [-0.4, -0.2) is 11.6 Å². The fraction of sp³-hybridized carbons (Fsp3) is 0.273. The van der Waals surface area contributed by atoms with Crippen molar-refractivity contribution in [3.05, 3.63) is 76.4 Å². The number of Topliss-reactive ketones (excluding diaryl/α,β-unsaturated/α-hetero) is 2. The standard InChI is InChI=1S/C22H24O2/c1-5-15-14-20(19(8-4)18(7-3)17(15)6-2)22(24)21(23)16-12-10-9-11-13-16/h8-14H,4-7H2,1-3H3. The van der Waals surface area contributed by atoms with Crippen molar-refractivity contribution in [1.82, 2.24) is 0 Å². The Morgan fingerprint density at radius 3 is 2.04 bits per heavy atom. The number of hydrogen-bond acceptors (Lipinski definition) is 2. The van der Waals surface area contributed by atoms with Crippen LogP contribution in [0.15, 0.2) is 43.0 Å². The lowest BCUT2D eigenvalue weighted by atomic mass is 9.85. The van der Waals surface area contributed by atoms with Gasteiger partial charge in [-0.2, -0.15) is 0 Å². The maximum Gasteiger partial charge on any atom is 0.234 e. The molecule has 0 saturated carbocycles. The summed E-state index contributed by atoms with van der Waals surface area (Å²) in [5.74, 6) is -0.921. The minimum atomic E-state index is -0.466. The van der Waals surface area contributed by atoms with E-state index in [2.05, 4.69) is 27.4 Å². The minimum absolute atomic E-state index is 0.424. The zero-order chi connectivity index (χ0) is 17.7. The first-order valence-electron chi connectivity index (χ1n) is 8.53. The predicted molar refractivity (Wildman–Crippen MR) is 99.8 cm³/mol. The summed E-state index contributed by atoms with van der Waals surface area (Å²) in [5.41, 5.74) is 5.26. The molecule has 124 valence electrons. The molecule has 0 spiro atoms. The Bertz CT molecular complexity index is 770. The molecule has 0 aliphatic carbocycles. The van der Waals surface area contributed by atoms with Gasteiger partial charge in [0.1, 0.15) is 0 Å². The summed E-state index contributed by atoms with van der Waals surface area (Å²) in [7, 11) is 0. The van der Waals surface area contributed by atoms with E-state index >= 15 is 0 Å². The molecule has 0 N–H and O–H groups in total. The molecule has 0 atom stereocenters. The first-order valence-corrected chi connectivity index (χ1v) is 8.53. The van der Waals surface area contributed by atoms with Gasteiger partial charge in [0, 0.05) is 11.1 Å². The normalized spacial score (nSPS) is 10.5. The molecule has 0 aliphatic heterocycles. The highest BCUT2D eigenvalue weighted by molar-refractivity contribution is 6.49. The smallest absolute Gasteiger partial charge is 0.234 e. The van der Waals surface area contributed by atoms with Gasteiger partial charge in [-0.1, -0.05) is 63.8 Å². The van der Waals surface area contributed by atoms with E-state index in [-0.39, 0.29) is 0 Å². The van der Waals surface area contributed by atoms with Crippen LogP contribution in [-0.2, 0) is 19.3 Å². The highest BCUT2D eigenvalue weighted by atomic mass is 16.2. The van der Waals surface area contributed by atoms with Crippen LogP contribution in [0, 0.1) is 0 Å². The van der Waals surface area contributed by atoms with Crippen molar-refractivity contribution >= 4 is 17.6 Å². The molecule has 0 amide bonds. The van der Waals surface area contributed by atoms with Crippen molar-refractivity contribution in [3.63, 3.8) is 0 Å². The maximum atomic E-state index is 12.9. The van der Waals surface area contributed by atoms with Crippen molar-refractivity contribution in [1.29, 1.82) is 0 Å². The van der Waals surface area contributed by atoms with Gasteiger partial charge in [-0.05, 0) is 47.6 Å². The van der Waals surface area contributed by atoms with Gasteiger partial charge in [-0.3, -0.25) is 9.59 Å². The average Bonchev–Trinajstić information content (AvgIpc) is 2.65. The molecule has 2 aromatic carbocycles. The van der Waals surface area contributed by atoms with Crippen molar-refractivity contribution in [2.75, 3.05) is 0 Å². The number of rotatable bonds is 7. The number of carbonyl (C=O) groups excluding carboxylic acids is 2. The molecule has 2 heteroatoms. The van der Waals surface area contributed by atoms with Crippen molar-refractivity contribution < 1.29 is 9.59 Å². The molecule has 0 fully saturated rings. The van der Waals surface area contributed by atoms with E-state index in [4.69, 9.17) is 0 Å². The first-order chi connectivity index (χ1) is 11.6. The molecule has 0 unspecified atom stereocenters. The molecule has 0 radical (unpaired) electrons. The van der Waals surface area contributed by atoms with Crippen LogP contribution < -0.4 is 0 Å². The lowest BCUT2D eigenvalue weighted by Crippen LogP contribution is -2.18. The Kier molecular flexibility index (Phi) is 5.86. The van der Waals surface area contributed by atoms with E-state index < -0.39 is 11.6 Å². The lowest BCUT2D eigenvalue weighted by Gasteiger charge is -2.18. The summed E-state index contributed by atoms with van der Waals surface area (Å²) in [6.45, 7) is 10.2. The van der Waals surface area contributed by atoms with Gasteiger partial charge in [-0.25, -0.2) is 0 Å². The Labute approximate surface area is 144 Å². The van der Waals surface area contributed by atoms with Crippen LogP contribution in [0.2, 0.25) is 0 Å². The van der Waals surface area contributed by atoms with E-state index in [1.165, 1.54) is 5.56 Å². The van der Waals surface area contributed by atoms with E-state index in [9.17, 15) is 9.59 Å². The van der Waals surface area contributed by atoms with Gasteiger partial charge in [0.2, 0.25) is 11.6 Å². The molecular formula is C22H24O2. The summed E-state index contributed by atoms with van der Waals surface area (Å²) in [6, 6.07) is 10.6. The molecule has 24 heavy (non-hydrogen) atoms. The monoisotopic (exact) mass is 320 g/mol. The third-order valence-corrected chi connectivity index (χ3v) is 4.46. The number of hydrogen-bond donors (Lipinski definition) is 0. The predicted octanol–water partition coefficient (Wildman–Crippen LogP) is 5.08. The number of aryl methyl sites for hydroxylation is 1. The molecule has 0 saturated heterocycles. The highest BCUT2D eigenvalue weighted by Crippen LogP contribution is 2.27. The Balaban J connectivity index is 2.63. The van der Waals surface area contributed by atoms with Gasteiger partial charge in [-0.15, -0.1) is 0 Å². The SMILES string of the molecule is C=Cc1c(C(=O)C(=O)c2ccccc2)cc(CC)c(CC)c1CC. The zero-order valence-corrected chi connectivity index (χ0v) is 14.7. The van der Waals surface area contributed by atoms with Gasteiger partial charge >= 0.3 is 0 Å². The third kappa shape index (κ3) is 3.23. The Morgan fingerprint density at radius 1 is 0.917 bits per heavy atom. The van der Waals surface area contributed by atoms with Crippen LogP contribution >= 0.6 is 0 Å². The van der Waals surface area contributed by atoms with E-state index in [0.29, 0.717) is 11.1 Å². The van der Waals surface area contributed by atoms with E-state index in [1.807, 2.05) is 12.1 Å². The summed E-state index contributed by atoms with van der Waals surface area (Å²) >= 11 is 0. The van der Waals surface area contributed by atoms with Gasteiger partial charge < -0.3 is 0 Å². The first kappa shape index (κ1) is 17.9. The Morgan fingerprint density at radius 2 is 1.54 bits per heavy atom. The largest absolute Gasteiger partial charge is 0.285 e. The molecule has 0 heterocycles. The lowest BCUT2D eigenvalue weighted by molar-refractivity contribution is 0.0816. The second-order valence-corrected chi connectivity index (χ2v) is 5.74. The second kappa shape index (κ2) is 7.87. The molecule has 2 nitrogen and oxygen atoms in total. The van der Waals surface area contributed by atoms with Crippen molar-refractivity contribution in [2.45, 2.75) is 40.0 Å². The van der Waals surface area contributed by atoms with Crippen LogP contribution in [0.3, 0.4) is 0 Å². The van der Waals surface area contributed by atoms with Crippen LogP contribution in [0.25, 0.3) is 6.08 Å². The number of benzene rings is 2. The number of ketones is 2. The van der Waals surface area contributed by atoms with Crippen LogP contribution in [0.4, 0.5) is 0 Å². The fourth-order valence-electron chi connectivity index (χ4n) is 3.28. The van der Waals surface area contributed by atoms with E-state index in [1.54, 1.807) is 30.3 Å². The summed E-state index contributed by atoms with van der Waals surface area (Å²) in [5, 5.41) is 0. The highest BCUT2D eigenvalue weighted by Gasteiger charge is 2.23. The van der Waals surface area contributed by atoms with E-state index in [0.717, 1.165) is 36.0 Å². The summed E-state index contributed by atoms with van der Waals surface area (Å²) in [6.07, 6.45) is 4.28. The van der Waals surface area contributed by atoms with Crippen molar-refractivity contribution in [3.8, 4) is 0 Å². The molecule has 0 aliphatic rings. The summed E-state index contributed by atoms with van der Waals surface area (Å²) in [4.78, 5) is 25.4. The third-order valence-electron chi connectivity index (χ3n) is 4.46. The molecule has 2 aromatic rings. The quantitative estimate of drug-likeness (QED) is 0.526. The average molecular weight is 320 g/mol. The van der Waals surface area contributed by atoms with Crippen LogP contribution in [0.1, 0.15) is 63.7 Å². The molecule has 0 bridgehead atoms. The fourth-order valence-corrected chi connectivity index (χ4v) is 3.28. The van der Waals surface area contributed by atoms with Gasteiger partial charge in [0.25, 0.3) is 0 Å². The molecule has 2 rings (SSSR count). The number of carbonyl (C=O) groups is 2. The second-order valence-electron chi connectivity index (χ2n) is 5.74. The van der Waals surface area contributed by atoms with Gasteiger partial charge in [0.05, 0.1) is 0 Å². The Hall–Kier alpha value is -2.48. The molecular weight excluding hydrogens is 296 g/mol. The van der Waals surface area contributed by atoms with Crippen LogP contribution in [0.5, 0.6) is 0 Å². The van der Waals surface area contributed by atoms with Gasteiger partial charge in [0.15, 0.2) is 0 Å². The van der Waals surface area contributed by atoms with Crippen molar-refractivity contribution in [2.24, 2.45) is 0 Å². The summed E-state index contributed by atoms with van der Waals surface area (Å²) < 4.78 is 0. The maximum absolute atomic E-state index is 12.9.